The van der Waals surface area contributed by atoms with Crippen LogP contribution in [-0.2, 0) is 0 Å². The topological polar surface area (TPSA) is 43.1 Å². The fourth-order valence-corrected chi connectivity index (χ4v) is 1.93. The lowest BCUT2D eigenvalue weighted by Gasteiger charge is -2.05. The molecule has 0 fully saturated rings. The van der Waals surface area contributed by atoms with Crippen molar-refractivity contribution in [3.05, 3.63) is 63.9 Å². The fraction of sp³-hybridized carbons (Fsp3) is 0. The summed E-state index contributed by atoms with van der Waals surface area (Å²) in [5.41, 5.74) is 6.48. The molecule has 0 bridgehead atoms. The largest absolute Gasteiger partial charge is 0.399 e. The van der Waals surface area contributed by atoms with Crippen molar-refractivity contribution >= 4 is 27.4 Å². The number of ketones is 1. The highest BCUT2D eigenvalue weighted by molar-refractivity contribution is 9.10. The maximum atomic E-state index is 13.5. The zero-order valence-corrected chi connectivity index (χ0v) is 10.4. The SMILES string of the molecule is Nc1ccc(Br)c(C(=O)c2ccccc2F)c1. The van der Waals surface area contributed by atoms with Gasteiger partial charge in [-0.15, -0.1) is 0 Å². The number of benzene rings is 2. The third kappa shape index (κ3) is 2.36. The molecule has 0 heterocycles. The summed E-state index contributed by atoms with van der Waals surface area (Å²) in [6.45, 7) is 0. The molecule has 2 N–H and O–H groups in total. The van der Waals surface area contributed by atoms with Crippen LogP contribution < -0.4 is 5.73 Å². The summed E-state index contributed by atoms with van der Waals surface area (Å²) in [5, 5.41) is 0. The number of rotatable bonds is 2. The lowest BCUT2D eigenvalue weighted by atomic mass is 10.0. The molecule has 0 saturated carbocycles. The first-order chi connectivity index (χ1) is 8.09. The second-order valence-corrected chi connectivity index (χ2v) is 4.40. The second kappa shape index (κ2) is 4.67. The van der Waals surface area contributed by atoms with Crippen LogP contribution in [0.15, 0.2) is 46.9 Å². The van der Waals surface area contributed by atoms with Gasteiger partial charge in [-0.1, -0.05) is 28.1 Å². The number of nitrogens with two attached hydrogens (primary N) is 1. The summed E-state index contributed by atoms with van der Waals surface area (Å²) in [6, 6.07) is 10.7. The van der Waals surface area contributed by atoms with Crippen LogP contribution in [0.5, 0.6) is 0 Å². The molecule has 0 saturated heterocycles. The molecule has 0 radical (unpaired) electrons. The van der Waals surface area contributed by atoms with Crippen molar-refractivity contribution in [2.24, 2.45) is 0 Å². The van der Waals surface area contributed by atoms with Crippen LogP contribution in [-0.4, -0.2) is 5.78 Å². The van der Waals surface area contributed by atoms with E-state index in [0.29, 0.717) is 15.7 Å². The first kappa shape index (κ1) is 11.8. The van der Waals surface area contributed by atoms with E-state index in [-0.39, 0.29) is 11.3 Å². The Morgan fingerprint density at radius 2 is 1.82 bits per heavy atom. The predicted molar refractivity (Wildman–Crippen MR) is 68.4 cm³/mol. The average molecular weight is 294 g/mol. The number of nitrogen functional groups attached to an aromatic ring is 1. The van der Waals surface area contributed by atoms with Crippen molar-refractivity contribution < 1.29 is 9.18 Å². The van der Waals surface area contributed by atoms with Crippen molar-refractivity contribution in [3.63, 3.8) is 0 Å². The van der Waals surface area contributed by atoms with Crippen molar-refractivity contribution in [3.8, 4) is 0 Å². The predicted octanol–water partition coefficient (Wildman–Crippen LogP) is 3.40. The normalized spacial score (nSPS) is 10.2. The van der Waals surface area contributed by atoms with E-state index in [9.17, 15) is 9.18 Å². The summed E-state index contributed by atoms with van der Waals surface area (Å²) in [5.74, 6) is -0.922. The second-order valence-electron chi connectivity index (χ2n) is 3.55. The van der Waals surface area contributed by atoms with Gasteiger partial charge in [0.25, 0.3) is 0 Å². The molecular formula is C13H9BrFNO. The first-order valence-corrected chi connectivity index (χ1v) is 5.73. The van der Waals surface area contributed by atoms with Gasteiger partial charge in [0.1, 0.15) is 5.82 Å². The summed E-state index contributed by atoms with van der Waals surface area (Å²) in [4.78, 5) is 12.1. The maximum absolute atomic E-state index is 13.5. The highest BCUT2D eigenvalue weighted by Gasteiger charge is 2.16. The Kier molecular flexibility index (Phi) is 3.24. The minimum Gasteiger partial charge on any atom is -0.399 e. The average Bonchev–Trinajstić information content (AvgIpc) is 2.32. The van der Waals surface area contributed by atoms with Gasteiger partial charge in [0.2, 0.25) is 0 Å². The molecule has 0 aliphatic heterocycles. The Labute approximate surface area is 106 Å². The van der Waals surface area contributed by atoms with Crippen molar-refractivity contribution in [2.75, 3.05) is 5.73 Å². The Bertz CT molecular complexity index is 583. The molecule has 0 atom stereocenters. The third-order valence-corrected chi connectivity index (χ3v) is 3.05. The lowest BCUT2D eigenvalue weighted by Crippen LogP contribution is -2.05. The Hall–Kier alpha value is -1.68. The molecule has 17 heavy (non-hydrogen) atoms. The molecule has 2 aromatic carbocycles. The summed E-state index contributed by atoms with van der Waals surface area (Å²) >= 11 is 3.25. The van der Waals surface area contributed by atoms with Crippen LogP contribution in [0.1, 0.15) is 15.9 Å². The number of carbonyl (C=O) groups excluding carboxylic acids is 1. The standard InChI is InChI=1S/C13H9BrFNO/c14-11-6-5-8(16)7-10(11)13(17)9-3-1-2-4-12(9)15/h1-7H,16H2. The van der Waals surface area contributed by atoms with Crippen molar-refractivity contribution in [2.45, 2.75) is 0 Å². The van der Waals surface area contributed by atoms with Gasteiger partial charge in [0.15, 0.2) is 5.78 Å². The van der Waals surface area contributed by atoms with Crippen LogP contribution in [0.25, 0.3) is 0 Å². The van der Waals surface area contributed by atoms with Gasteiger partial charge in [-0.05, 0) is 30.3 Å². The quantitative estimate of drug-likeness (QED) is 0.681. The van der Waals surface area contributed by atoms with Gasteiger partial charge in [-0.2, -0.15) is 0 Å². The molecule has 0 amide bonds. The minimum atomic E-state index is -0.535. The Balaban J connectivity index is 2.51. The molecule has 0 spiro atoms. The zero-order valence-electron chi connectivity index (χ0n) is 8.78. The number of anilines is 1. The maximum Gasteiger partial charge on any atom is 0.197 e. The molecule has 0 aliphatic rings. The number of carbonyl (C=O) groups is 1. The Morgan fingerprint density at radius 3 is 2.53 bits per heavy atom. The van der Waals surface area contributed by atoms with E-state index >= 15 is 0 Å². The Morgan fingerprint density at radius 1 is 1.12 bits per heavy atom. The molecule has 0 aliphatic carbocycles. The number of halogens is 2. The molecule has 2 rings (SSSR count). The van der Waals surface area contributed by atoms with Gasteiger partial charge in [0.05, 0.1) is 5.56 Å². The van der Waals surface area contributed by atoms with E-state index in [4.69, 9.17) is 5.73 Å². The van der Waals surface area contributed by atoms with E-state index < -0.39 is 5.82 Å². The van der Waals surface area contributed by atoms with Gasteiger partial charge in [0, 0.05) is 15.7 Å². The number of hydrogen-bond donors (Lipinski definition) is 1. The monoisotopic (exact) mass is 293 g/mol. The van der Waals surface area contributed by atoms with E-state index in [0.717, 1.165) is 0 Å². The summed E-state index contributed by atoms with van der Waals surface area (Å²) in [6.07, 6.45) is 0. The fourth-order valence-electron chi connectivity index (χ4n) is 1.51. The van der Waals surface area contributed by atoms with Crippen molar-refractivity contribution in [1.82, 2.24) is 0 Å². The van der Waals surface area contributed by atoms with E-state index in [1.807, 2.05) is 0 Å². The van der Waals surface area contributed by atoms with Crippen LogP contribution >= 0.6 is 15.9 Å². The first-order valence-electron chi connectivity index (χ1n) is 4.94. The molecular weight excluding hydrogens is 285 g/mol. The zero-order chi connectivity index (χ0) is 12.4. The van der Waals surface area contributed by atoms with Crippen LogP contribution in [0.4, 0.5) is 10.1 Å². The molecule has 86 valence electrons. The summed E-state index contributed by atoms with van der Waals surface area (Å²) in [7, 11) is 0. The van der Waals surface area contributed by atoms with Gasteiger partial charge in [-0.25, -0.2) is 4.39 Å². The van der Waals surface area contributed by atoms with E-state index in [1.165, 1.54) is 18.2 Å². The molecule has 4 heteroatoms. The molecule has 2 nitrogen and oxygen atoms in total. The van der Waals surface area contributed by atoms with Crippen molar-refractivity contribution in [1.29, 1.82) is 0 Å². The van der Waals surface area contributed by atoms with E-state index in [1.54, 1.807) is 24.3 Å². The lowest BCUT2D eigenvalue weighted by molar-refractivity contribution is 0.103. The minimum absolute atomic E-state index is 0.0406. The van der Waals surface area contributed by atoms with Crippen LogP contribution in [0.2, 0.25) is 0 Å². The molecule has 0 unspecified atom stereocenters. The third-order valence-electron chi connectivity index (χ3n) is 2.35. The smallest absolute Gasteiger partial charge is 0.197 e. The highest BCUT2D eigenvalue weighted by Crippen LogP contribution is 2.23. The molecule has 2 aromatic rings. The van der Waals surface area contributed by atoms with Crippen LogP contribution in [0.3, 0.4) is 0 Å². The highest BCUT2D eigenvalue weighted by atomic mass is 79.9. The van der Waals surface area contributed by atoms with Gasteiger partial charge < -0.3 is 5.73 Å². The van der Waals surface area contributed by atoms with E-state index in [2.05, 4.69) is 15.9 Å². The van der Waals surface area contributed by atoms with Gasteiger partial charge in [-0.3, -0.25) is 4.79 Å². The number of hydrogen-bond acceptors (Lipinski definition) is 2. The summed E-state index contributed by atoms with van der Waals surface area (Å²) < 4.78 is 14.1. The van der Waals surface area contributed by atoms with Gasteiger partial charge >= 0.3 is 0 Å². The van der Waals surface area contributed by atoms with Crippen LogP contribution in [0, 0.1) is 5.82 Å². The molecule has 0 aromatic heterocycles.